The molecular formula is C29H34ClN5O3. The summed E-state index contributed by atoms with van der Waals surface area (Å²) in [5, 5.41) is 10.5. The second-order valence-corrected chi connectivity index (χ2v) is 10.2. The number of ether oxygens (including phenoxy) is 1. The summed E-state index contributed by atoms with van der Waals surface area (Å²) in [5.41, 5.74) is 11.8. The number of fused-ring (bicyclic) bond motifs is 1. The van der Waals surface area contributed by atoms with E-state index in [0.29, 0.717) is 64.5 Å². The highest BCUT2D eigenvalue weighted by molar-refractivity contribution is 6.33. The molecule has 3 N–H and O–H groups in total. The van der Waals surface area contributed by atoms with Gasteiger partial charge < -0.3 is 20.5 Å². The molecule has 8 nitrogen and oxygen atoms in total. The first kappa shape index (κ1) is 27.5. The van der Waals surface area contributed by atoms with E-state index >= 15 is 0 Å². The van der Waals surface area contributed by atoms with Crippen LogP contribution in [0.25, 0.3) is 17.0 Å². The molecule has 0 aliphatic carbocycles. The van der Waals surface area contributed by atoms with Crippen LogP contribution in [-0.4, -0.2) is 38.6 Å². The largest absolute Gasteiger partial charge is 0.491 e. The van der Waals surface area contributed by atoms with Crippen molar-refractivity contribution in [1.29, 1.82) is 0 Å². The predicted molar refractivity (Wildman–Crippen MR) is 150 cm³/mol. The van der Waals surface area contributed by atoms with Crippen LogP contribution in [0.5, 0.6) is 5.75 Å². The van der Waals surface area contributed by atoms with Crippen LogP contribution >= 0.6 is 11.6 Å². The van der Waals surface area contributed by atoms with Crippen LogP contribution in [0.2, 0.25) is 5.02 Å². The van der Waals surface area contributed by atoms with E-state index in [9.17, 15) is 9.90 Å². The Morgan fingerprint density at radius 1 is 1.16 bits per heavy atom. The van der Waals surface area contributed by atoms with Gasteiger partial charge in [-0.15, -0.1) is 0 Å². The average molecular weight is 536 g/mol. The number of hydrogen-bond acceptors (Lipinski definition) is 8. The highest BCUT2D eigenvalue weighted by Crippen LogP contribution is 2.36. The van der Waals surface area contributed by atoms with Crippen molar-refractivity contribution in [2.24, 2.45) is 5.73 Å². The Labute approximate surface area is 228 Å². The Bertz CT molecular complexity index is 1400. The summed E-state index contributed by atoms with van der Waals surface area (Å²) >= 11 is 6.63. The molecule has 0 radical (unpaired) electrons. The van der Waals surface area contributed by atoms with Gasteiger partial charge in [-0.1, -0.05) is 31.0 Å². The van der Waals surface area contributed by atoms with Gasteiger partial charge in [0, 0.05) is 29.1 Å². The molecule has 1 atom stereocenters. The maximum Gasteiger partial charge on any atom is 0.163 e. The molecule has 38 heavy (non-hydrogen) atoms. The van der Waals surface area contributed by atoms with Gasteiger partial charge in [0.05, 0.1) is 34.6 Å². The molecule has 0 saturated heterocycles. The fourth-order valence-electron chi connectivity index (χ4n) is 4.69. The van der Waals surface area contributed by atoms with E-state index in [2.05, 4.69) is 11.0 Å². The molecule has 2 aromatic heterocycles. The number of allylic oxidation sites excluding steroid dienone is 2. The Morgan fingerprint density at radius 2 is 1.92 bits per heavy atom. The highest BCUT2D eigenvalue weighted by Gasteiger charge is 2.27. The molecule has 200 valence electrons. The SMILES string of the molecule is CCC[C@@H](O)COc1ccc(Cl)c(-c2nc(C(C(C)=O)=C(C)N)c(C)c(N3Cc4ccc(C)nc4C3)n2)c1. The second kappa shape index (κ2) is 11.5. The summed E-state index contributed by atoms with van der Waals surface area (Å²) in [7, 11) is 0. The van der Waals surface area contributed by atoms with Crippen LogP contribution in [0.3, 0.4) is 0 Å². The molecule has 3 heterocycles. The predicted octanol–water partition coefficient (Wildman–Crippen LogP) is 5.15. The Morgan fingerprint density at radius 3 is 2.61 bits per heavy atom. The summed E-state index contributed by atoms with van der Waals surface area (Å²) < 4.78 is 5.83. The summed E-state index contributed by atoms with van der Waals surface area (Å²) in [4.78, 5) is 29.2. The van der Waals surface area contributed by atoms with E-state index in [0.717, 1.165) is 28.9 Å². The third kappa shape index (κ3) is 5.81. The number of ketones is 1. The number of aryl methyl sites for hydroxylation is 1. The molecule has 0 saturated carbocycles. The number of aliphatic hydroxyl groups is 1. The number of nitrogens with zero attached hydrogens (tertiary/aromatic N) is 4. The van der Waals surface area contributed by atoms with Crippen LogP contribution < -0.4 is 15.4 Å². The lowest BCUT2D eigenvalue weighted by atomic mass is 10.0. The fourth-order valence-corrected chi connectivity index (χ4v) is 4.90. The molecule has 1 aliphatic heterocycles. The standard InChI is InChI=1S/C29H34ClN5O3/c1-6-7-21(37)15-38-22-10-11-24(30)23(12-22)28-33-27(26(18(4)31)19(5)36)17(3)29(34-28)35-13-20-9-8-16(2)32-25(20)14-35/h8-12,21,37H,6-7,13-15,31H2,1-5H3/t21-/m1/s1. The molecule has 0 fully saturated rings. The Kier molecular flexibility index (Phi) is 8.33. The number of nitrogens with two attached hydrogens (primary N) is 1. The number of anilines is 1. The summed E-state index contributed by atoms with van der Waals surface area (Å²) in [6.07, 6.45) is 0.957. The van der Waals surface area contributed by atoms with E-state index in [1.807, 2.05) is 26.8 Å². The molecule has 0 bridgehead atoms. The number of rotatable bonds is 9. The normalized spacial score (nSPS) is 14.2. The second-order valence-electron chi connectivity index (χ2n) is 9.77. The minimum atomic E-state index is -0.558. The van der Waals surface area contributed by atoms with Gasteiger partial charge in [0.1, 0.15) is 18.2 Å². The van der Waals surface area contributed by atoms with E-state index in [-0.39, 0.29) is 12.4 Å². The number of carbonyl (C=O) groups excluding carboxylic acids is 1. The van der Waals surface area contributed by atoms with Crippen molar-refractivity contribution in [3.63, 3.8) is 0 Å². The number of Topliss-reactive ketones (excluding diaryl/α,β-unsaturated/α-hetero) is 1. The number of pyridine rings is 1. The zero-order valence-electron chi connectivity index (χ0n) is 22.5. The molecule has 3 aromatic rings. The zero-order chi connectivity index (χ0) is 27.6. The van der Waals surface area contributed by atoms with Gasteiger partial charge in [0.2, 0.25) is 0 Å². The van der Waals surface area contributed by atoms with E-state index < -0.39 is 6.10 Å². The summed E-state index contributed by atoms with van der Waals surface area (Å²) in [5.74, 6) is 1.39. The Hall–Kier alpha value is -3.49. The van der Waals surface area contributed by atoms with Gasteiger partial charge >= 0.3 is 0 Å². The lowest BCUT2D eigenvalue weighted by molar-refractivity contribution is -0.111. The van der Waals surface area contributed by atoms with Crippen molar-refractivity contribution in [1.82, 2.24) is 15.0 Å². The molecule has 9 heteroatoms. The fraction of sp³-hybridized carbons (Fsp3) is 0.379. The molecule has 1 aromatic carbocycles. The van der Waals surface area contributed by atoms with E-state index in [1.54, 1.807) is 25.1 Å². The lowest BCUT2D eigenvalue weighted by Gasteiger charge is -2.22. The molecule has 4 rings (SSSR count). The van der Waals surface area contributed by atoms with Crippen LogP contribution in [0, 0.1) is 13.8 Å². The van der Waals surface area contributed by atoms with Crippen LogP contribution in [0.15, 0.2) is 36.0 Å². The third-order valence-electron chi connectivity index (χ3n) is 6.56. The van der Waals surface area contributed by atoms with Gasteiger partial charge in [0.25, 0.3) is 0 Å². The minimum absolute atomic E-state index is 0.169. The lowest BCUT2D eigenvalue weighted by Crippen LogP contribution is -2.20. The Balaban J connectivity index is 1.82. The monoisotopic (exact) mass is 535 g/mol. The zero-order valence-corrected chi connectivity index (χ0v) is 23.3. The molecule has 0 unspecified atom stereocenters. The van der Waals surface area contributed by atoms with Gasteiger partial charge in [0.15, 0.2) is 11.6 Å². The van der Waals surface area contributed by atoms with Crippen molar-refractivity contribution >= 4 is 28.8 Å². The van der Waals surface area contributed by atoms with E-state index in [4.69, 9.17) is 37.0 Å². The maximum atomic E-state index is 12.7. The number of aliphatic hydroxyl groups excluding tert-OH is 1. The topological polar surface area (TPSA) is 114 Å². The van der Waals surface area contributed by atoms with Gasteiger partial charge in [-0.25, -0.2) is 9.97 Å². The van der Waals surface area contributed by atoms with Gasteiger partial charge in [-0.05, 0) is 63.9 Å². The number of benzene rings is 1. The van der Waals surface area contributed by atoms with Gasteiger partial charge in [-0.2, -0.15) is 0 Å². The third-order valence-corrected chi connectivity index (χ3v) is 6.88. The molecular weight excluding hydrogens is 502 g/mol. The summed E-state index contributed by atoms with van der Waals surface area (Å²) in [6.45, 7) is 10.4. The average Bonchev–Trinajstić information content (AvgIpc) is 3.27. The van der Waals surface area contributed by atoms with Gasteiger partial charge in [-0.3, -0.25) is 9.78 Å². The number of halogens is 1. The highest BCUT2D eigenvalue weighted by atomic mass is 35.5. The van der Waals surface area contributed by atoms with Crippen LogP contribution in [0.1, 0.15) is 61.8 Å². The van der Waals surface area contributed by atoms with Crippen LogP contribution in [-0.2, 0) is 17.9 Å². The number of hydrogen-bond donors (Lipinski definition) is 2. The first-order valence-electron chi connectivity index (χ1n) is 12.8. The van der Waals surface area contributed by atoms with Crippen molar-refractivity contribution in [3.05, 3.63) is 69.3 Å². The van der Waals surface area contributed by atoms with Crippen molar-refractivity contribution in [3.8, 4) is 17.1 Å². The molecule has 1 aliphatic rings. The molecule has 0 amide bonds. The minimum Gasteiger partial charge on any atom is -0.491 e. The summed E-state index contributed by atoms with van der Waals surface area (Å²) in [6, 6.07) is 9.32. The van der Waals surface area contributed by atoms with Crippen LogP contribution in [0.4, 0.5) is 5.82 Å². The number of aromatic nitrogens is 3. The number of carbonyl (C=O) groups is 1. The maximum absolute atomic E-state index is 12.7. The smallest absolute Gasteiger partial charge is 0.163 e. The first-order chi connectivity index (χ1) is 18.1. The van der Waals surface area contributed by atoms with Crippen molar-refractivity contribution in [2.75, 3.05) is 11.5 Å². The first-order valence-corrected chi connectivity index (χ1v) is 13.1. The molecule has 0 spiro atoms. The van der Waals surface area contributed by atoms with E-state index in [1.165, 1.54) is 6.92 Å². The van der Waals surface area contributed by atoms with Crippen molar-refractivity contribution < 1.29 is 14.6 Å². The van der Waals surface area contributed by atoms with Crippen molar-refractivity contribution in [2.45, 2.75) is 66.7 Å². The quantitative estimate of drug-likeness (QED) is 0.362.